The van der Waals surface area contributed by atoms with Gasteiger partial charge in [-0.15, -0.1) is 0 Å². The van der Waals surface area contributed by atoms with Crippen molar-refractivity contribution in [2.24, 2.45) is 5.41 Å². The molecule has 1 aliphatic rings. The smallest absolute Gasteiger partial charge is 0.135 e. The summed E-state index contributed by atoms with van der Waals surface area (Å²) >= 11 is 3.47. The lowest BCUT2D eigenvalue weighted by molar-refractivity contribution is 0.254. The Kier molecular flexibility index (Phi) is 4.46. The summed E-state index contributed by atoms with van der Waals surface area (Å²) in [5.41, 5.74) is 0.209. The maximum atomic E-state index is 4.61. The standard InChI is InChI=1S/C14H23BrN4/c1-14(2,9-19(3)4)8-16-12-7-11(15)17-13(18-12)10-5-6-10/h7,10H,5-6,8-9H2,1-4H3,(H,16,17,18). The highest BCUT2D eigenvalue weighted by atomic mass is 79.9. The second-order valence-electron chi connectivity index (χ2n) is 6.46. The van der Waals surface area contributed by atoms with Gasteiger partial charge in [-0.1, -0.05) is 13.8 Å². The van der Waals surface area contributed by atoms with Crippen LogP contribution in [0, 0.1) is 5.41 Å². The normalized spacial score (nSPS) is 15.9. The maximum Gasteiger partial charge on any atom is 0.135 e. The van der Waals surface area contributed by atoms with E-state index in [2.05, 4.69) is 64.1 Å². The quantitative estimate of drug-likeness (QED) is 0.815. The molecule has 1 aliphatic carbocycles. The lowest BCUT2D eigenvalue weighted by Crippen LogP contribution is -2.34. The van der Waals surface area contributed by atoms with Gasteiger partial charge in [0.2, 0.25) is 0 Å². The molecule has 0 aromatic carbocycles. The number of hydrogen-bond acceptors (Lipinski definition) is 4. The first-order valence-electron chi connectivity index (χ1n) is 6.79. The molecule has 1 N–H and O–H groups in total. The monoisotopic (exact) mass is 326 g/mol. The number of nitrogens with zero attached hydrogens (tertiary/aromatic N) is 3. The average Bonchev–Trinajstić information content (AvgIpc) is 3.07. The molecule has 0 bridgehead atoms. The van der Waals surface area contributed by atoms with E-state index < -0.39 is 0 Å². The molecular weight excluding hydrogens is 304 g/mol. The van der Waals surface area contributed by atoms with Gasteiger partial charge >= 0.3 is 0 Å². The highest BCUT2D eigenvalue weighted by Crippen LogP contribution is 2.38. The topological polar surface area (TPSA) is 41.0 Å². The highest BCUT2D eigenvalue weighted by Gasteiger charge is 2.27. The average molecular weight is 327 g/mol. The van der Waals surface area contributed by atoms with Crippen molar-refractivity contribution in [3.05, 3.63) is 16.5 Å². The molecule has 0 atom stereocenters. The van der Waals surface area contributed by atoms with E-state index in [1.807, 2.05) is 6.07 Å². The number of halogens is 1. The lowest BCUT2D eigenvalue weighted by Gasteiger charge is -2.28. The van der Waals surface area contributed by atoms with Gasteiger partial charge in [0, 0.05) is 25.1 Å². The van der Waals surface area contributed by atoms with Crippen molar-refractivity contribution in [3.63, 3.8) is 0 Å². The second-order valence-corrected chi connectivity index (χ2v) is 7.28. The Bertz CT molecular complexity index is 441. The molecule has 0 spiro atoms. The van der Waals surface area contributed by atoms with Crippen LogP contribution in [-0.4, -0.2) is 42.1 Å². The number of aromatic nitrogens is 2. The SMILES string of the molecule is CN(C)CC(C)(C)CNc1cc(Br)nc(C2CC2)n1. The van der Waals surface area contributed by atoms with Crippen molar-refractivity contribution >= 4 is 21.7 Å². The Morgan fingerprint density at radius 3 is 2.63 bits per heavy atom. The minimum atomic E-state index is 0.209. The summed E-state index contributed by atoms with van der Waals surface area (Å²) < 4.78 is 0.873. The molecule has 1 fully saturated rings. The van der Waals surface area contributed by atoms with Crippen molar-refractivity contribution in [1.82, 2.24) is 14.9 Å². The van der Waals surface area contributed by atoms with Crippen LogP contribution in [0.5, 0.6) is 0 Å². The van der Waals surface area contributed by atoms with Crippen LogP contribution < -0.4 is 5.32 Å². The van der Waals surface area contributed by atoms with E-state index in [1.165, 1.54) is 12.8 Å². The van der Waals surface area contributed by atoms with Crippen LogP contribution >= 0.6 is 15.9 Å². The van der Waals surface area contributed by atoms with Gasteiger partial charge in [-0.2, -0.15) is 0 Å². The van der Waals surface area contributed by atoms with E-state index >= 15 is 0 Å². The fourth-order valence-electron chi connectivity index (χ4n) is 2.29. The zero-order valence-electron chi connectivity index (χ0n) is 12.2. The van der Waals surface area contributed by atoms with E-state index in [4.69, 9.17) is 0 Å². The molecule has 0 aliphatic heterocycles. The van der Waals surface area contributed by atoms with E-state index in [1.54, 1.807) is 0 Å². The zero-order chi connectivity index (χ0) is 14.0. The summed E-state index contributed by atoms with van der Waals surface area (Å²) in [7, 11) is 4.21. The summed E-state index contributed by atoms with van der Waals surface area (Å²) in [6.45, 7) is 6.47. The first-order valence-corrected chi connectivity index (χ1v) is 7.58. The Hall–Kier alpha value is -0.680. The Balaban J connectivity index is 1.98. The van der Waals surface area contributed by atoms with Crippen LogP contribution in [0.4, 0.5) is 5.82 Å². The van der Waals surface area contributed by atoms with Crippen molar-refractivity contribution in [2.75, 3.05) is 32.5 Å². The summed E-state index contributed by atoms with van der Waals surface area (Å²) in [5.74, 6) is 2.48. The van der Waals surface area contributed by atoms with Crippen LogP contribution in [0.1, 0.15) is 38.4 Å². The third kappa shape index (κ3) is 4.73. The van der Waals surface area contributed by atoms with Crippen molar-refractivity contribution in [1.29, 1.82) is 0 Å². The van der Waals surface area contributed by atoms with Gasteiger partial charge in [0.25, 0.3) is 0 Å². The molecule has 0 saturated heterocycles. The van der Waals surface area contributed by atoms with Gasteiger partial charge in [-0.25, -0.2) is 9.97 Å². The van der Waals surface area contributed by atoms with Crippen LogP contribution in [0.15, 0.2) is 10.7 Å². The Labute approximate surface area is 124 Å². The van der Waals surface area contributed by atoms with Crippen molar-refractivity contribution in [2.45, 2.75) is 32.6 Å². The number of anilines is 1. The molecule has 1 saturated carbocycles. The van der Waals surface area contributed by atoms with Gasteiger partial charge in [0.1, 0.15) is 16.2 Å². The van der Waals surface area contributed by atoms with Gasteiger partial charge in [0.15, 0.2) is 0 Å². The third-order valence-corrected chi connectivity index (χ3v) is 3.55. The molecule has 106 valence electrons. The first-order chi connectivity index (χ1) is 8.85. The number of nitrogens with one attached hydrogen (secondary N) is 1. The molecule has 1 aromatic heterocycles. The van der Waals surface area contributed by atoms with Crippen LogP contribution in [0.25, 0.3) is 0 Å². The summed E-state index contributed by atoms with van der Waals surface area (Å²) in [6.07, 6.45) is 2.45. The highest BCUT2D eigenvalue weighted by molar-refractivity contribution is 9.10. The Morgan fingerprint density at radius 2 is 2.05 bits per heavy atom. The Morgan fingerprint density at radius 1 is 1.37 bits per heavy atom. The largest absolute Gasteiger partial charge is 0.369 e. The molecule has 1 heterocycles. The molecule has 0 radical (unpaired) electrons. The molecule has 4 nitrogen and oxygen atoms in total. The first kappa shape index (κ1) is 14.7. The maximum absolute atomic E-state index is 4.61. The van der Waals surface area contributed by atoms with Crippen molar-refractivity contribution in [3.8, 4) is 0 Å². The minimum Gasteiger partial charge on any atom is -0.369 e. The van der Waals surface area contributed by atoms with Crippen LogP contribution in [0.2, 0.25) is 0 Å². The van der Waals surface area contributed by atoms with Gasteiger partial charge in [0.05, 0.1) is 0 Å². The molecule has 2 rings (SSSR count). The molecular formula is C14H23BrN4. The fraction of sp³-hybridized carbons (Fsp3) is 0.714. The molecule has 5 heteroatoms. The predicted octanol–water partition coefficient (Wildman–Crippen LogP) is 3.12. The summed E-state index contributed by atoms with van der Waals surface area (Å²) in [5, 5.41) is 3.45. The van der Waals surface area contributed by atoms with E-state index in [-0.39, 0.29) is 5.41 Å². The summed E-state index contributed by atoms with van der Waals surface area (Å²) in [6, 6.07) is 1.96. The van der Waals surface area contributed by atoms with E-state index in [0.717, 1.165) is 29.3 Å². The summed E-state index contributed by atoms with van der Waals surface area (Å²) in [4.78, 5) is 11.3. The second kappa shape index (κ2) is 5.75. The lowest BCUT2D eigenvalue weighted by atomic mass is 9.93. The minimum absolute atomic E-state index is 0.209. The molecule has 0 amide bonds. The molecule has 1 aromatic rings. The van der Waals surface area contributed by atoms with Gasteiger partial charge < -0.3 is 10.2 Å². The van der Waals surface area contributed by atoms with Crippen LogP contribution in [-0.2, 0) is 0 Å². The molecule has 0 unspecified atom stereocenters. The fourth-order valence-corrected chi connectivity index (χ4v) is 2.69. The van der Waals surface area contributed by atoms with Gasteiger partial charge in [-0.3, -0.25) is 0 Å². The predicted molar refractivity (Wildman–Crippen MR) is 82.5 cm³/mol. The van der Waals surface area contributed by atoms with Crippen molar-refractivity contribution < 1.29 is 0 Å². The number of rotatable bonds is 6. The number of hydrogen-bond donors (Lipinski definition) is 1. The van der Waals surface area contributed by atoms with Crippen LogP contribution in [0.3, 0.4) is 0 Å². The van der Waals surface area contributed by atoms with E-state index in [9.17, 15) is 0 Å². The third-order valence-electron chi connectivity index (χ3n) is 3.15. The zero-order valence-corrected chi connectivity index (χ0v) is 13.8. The molecule has 19 heavy (non-hydrogen) atoms. The van der Waals surface area contributed by atoms with Gasteiger partial charge in [-0.05, 0) is 48.3 Å². The van der Waals surface area contributed by atoms with E-state index in [0.29, 0.717) is 5.92 Å².